The van der Waals surface area contributed by atoms with Gasteiger partial charge in [-0.1, -0.05) is 31.5 Å². The van der Waals surface area contributed by atoms with Gasteiger partial charge in [0.15, 0.2) is 5.11 Å². The standard InChI is InChI=1S/C15H22ClN5S/c1-4-5-17-15(22)20-14-18-12(16)7-13(19-14)21-8-10(2)6-11(3)9-21/h4,7,10-11H,1,5-6,8-9H2,2-3H3,(H2,17,18,19,20,22)/t10-,11-/m1/s1. The summed E-state index contributed by atoms with van der Waals surface area (Å²) in [4.78, 5) is 11.0. The second-order valence-corrected chi connectivity index (χ2v) is 6.64. The maximum atomic E-state index is 6.13. The molecule has 0 bridgehead atoms. The van der Waals surface area contributed by atoms with Crippen LogP contribution in [-0.4, -0.2) is 34.7 Å². The van der Waals surface area contributed by atoms with E-state index in [2.05, 4.69) is 45.9 Å². The van der Waals surface area contributed by atoms with Crippen LogP contribution in [0, 0.1) is 11.8 Å². The third-order valence-corrected chi connectivity index (χ3v) is 3.95. The third-order valence-electron chi connectivity index (χ3n) is 3.51. The summed E-state index contributed by atoms with van der Waals surface area (Å²) in [6.07, 6.45) is 2.98. The molecule has 0 unspecified atom stereocenters. The highest BCUT2D eigenvalue weighted by molar-refractivity contribution is 7.80. The van der Waals surface area contributed by atoms with Crippen molar-refractivity contribution in [3.63, 3.8) is 0 Å². The van der Waals surface area contributed by atoms with E-state index in [1.54, 1.807) is 12.1 Å². The zero-order chi connectivity index (χ0) is 16.1. The van der Waals surface area contributed by atoms with Crippen molar-refractivity contribution >= 4 is 40.7 Å². The largest absolute Gasteiger partial charge is 0.359 e. The van der Waals surface area contributed by atoms with Gasteiger partial charge in [0.1, 0.15) is 11.0 Å². The fourth-order valence-corrected chi connectivity index (χ4v) is 3.14. The SMILES string of the molecule is C=CCNC(=S)Nc1nc(Cl)cc(N2C[C@H](C)C[C@@H](C)C2)n1. The highest BCUT2D eigenvalue weighted by Crippen LogP contribution is 2.26. The molecule has 2 N–H and O–H groups in total. The Balaban J connectivity index is 2.12. The zero-order valence-electron chi connectivity index (χ0n) is 13.0. The van der Waals surface area contributed by atoms with Crippen LogP contribution in [0.5, 0.6) is 0 Å². The first-order valence-electron chi connectivity index (χ1n) is 7.43. The van der Waals surface area contributed by atoms with E-state index >= 15 is 0 Å². The summed E-state index contributed by atoms with van der Waals surface area (Å²) in [5.41, 5.74) is 0. The van der Waals surface area contributed by atoms with Gasteiger partial charge in [-0.2, -0.15) is 4.98 Å². The summed E-state index contributed by atoms with van der Waals surface area (Å²) in [7, 11) is 0. The highest BCUT2D eigenvalue weighted by atomic mass is 35.5. The van der Waals surface area contributed by atoms with Crippen LogP contribution in [0.1, 0.15) is 20.3 Å². The van der Waals surface area contributed by atoms with Crippen molar-refractivity contribution in [2.75, 3.05) is 29.9 Å². The average molecular weight is 340 g/mol. The Hall–Kier alpha value is -1.40. The van der Waals surface area contributed by atoms with Gasteiger partial charge in [-0.05, 0) is 30.5 Å². The molecule has 22 heavy (non-hydrogen) atoms. The van der Waals surface area contributed by atoms with Gasteiger partial charge in [0.25, 0.3) is 0 Å². The lowest BCUT2D eigenvalue weighted by Gasteiger charge is -2.35. The second-order valence-electron chi connectivity index (χ2n) is 5.85. The summed E-state index contributed by atoms with van der Waals surface area (Å²) in [5.74, 6) is 2.54. The molecule has 0 aliphatic carbocycles. The summed E-state index contributed by atoms with van der Waals surface area (Å²) >= 11 is 11.3. The number of hydrogen-bond donors (Lipinski definition) is 2. The molecule has 1 fully saturated rings. The van der Waals surface area contributed by atoms with Gasteiger partial charge in [-0.15, -0.1) is 6.58 Å². The number of anilines is 2. The number of aromatic nitrogens is 2. The van der Waals surface area contributed by atoms with Crippen molar-refractivity contribution in [3.8, 4) is 0 Å². The van der Waals surface area contributed by atoms with Gasteiger partial charge in [-0.25, -0.2) is 4.98 Å². The molecule has 120 valence electrons. The molecule has 0 saturated carbocycles. The first-order valence-corrected chi connectivity index (χ1v) is 8.21. The Bertz CT molecular complexity index is 541. The van der Waals surface area contributed by atoms with Crippen LogP contribution in [0.4, 0.5) is 11.8 Å². The lowest BCUT2D eigenvalue weighted by atomic mass is 9.92. The molecule has 7 heteroatoms. The monoisotopic (exact) mass is 339 g/mol. The number of nitrogens with one attached hydrogen (secondary N) is 2. The maximum Gasteiger partial charge on any atom is 0.232 e. The molecular formula is C15H22ClN5S. The minimum absolute atomic E-state index is 0.407. The molecular weight excluding hydrogens is 318 g/mol. The molecule has 0 radical (unpaired) electrons. The van der Waals surface area contributed by atoms with E-state index in [-0.39, 0.29) is 0 Å². The van der Waals surface area contributed by atoms with E-state index in [0.29, 0.717) is 34.6 Å². The van der Waals surface area contributed by atoms with Crippen molar-refractivity contribution in [3.05, 3.63) is 23.9 Å². The van der Waals surface area contributed by atoms with Gasteiger partial charge in [0.2, 0.25) is 5.95 Å². The topological polar surface area (TPSA) is 53.1 Å². The Kier molecular flexibility index (Phi) is 5.97. The van der Waals surface area contributed by atoms with Crippen molar-refractivity contribution in [2.24, 2.45) is 11.8 Å². The van der Waals surface area contributed by atoms with E-state index in [0.717, 1.165) is 18.9 Å². The van der Waals surface area contributed by atoms with Crippen LogP contribution in [0.2, 0.25) is 5.15 Å². The molecule has 1 aromatic heterocycles. The fraction of sp³-hybridized carbons (Fsp3) is 0.533. The van der Waals surface area contributed by atoms with E-state index in [9.17, 15) is 0 Å². The number of rotatable bonds is 4. The number of piperidine rings is 1. The van der Waals surface area contributed by atoms with Crippen molar-refractivity contribution in [1.29, 1.82) is 0 Å². The lowest BCUT2D eigenvalue weighted by Crippen LogP contribution is -2.39. The number of thiocarbonyl (C=S) groups is 1. The molecule has 1 aromatic rings. The number of hydrogen-bond acceptors (Lipinski definition) is 4. The Labute approximate surface area is 142 Å². The predicted molar refractivity (Wildman–Crippen MR) is 96.6 cm³/mol. The van der Waals surface area contributed by atoms with Crippen LogP contribution in [0.3, 0.4) is 0 Å². The number of nitrogens with zero attached hydrogens (tertiary/aromatic N) is 3. The third kappa shape index (κ3) is 4.81. The smallest absolute Gasteiger partial charge is 0.232 e. The van der Waals surface area contributed by atoms with E-state index < -0.39 is 0 Å². The van der Waals surface area contributed by atoms with Crippen molar-refractivity contribution in [1.82, 2.24) is 15.3 Å². The first-order chi connectivity index (χ1) is 10.5. The van der Waals surface area contributed by atoms with Crippen LogP contribution >= 0.6 is 23.8 Å². The van der Waals surface area contributed by atoms with Crippen LogP contribution < -0.4 is 15.5 Å². The predicted octanol–water partition coefficient (Wildman–Crippen LogP) is 3.08. The van der Waals surface area contributed by atoms with Crippen LogP contribution in [0.15, 0.2) is 18.7 Å². The zero-order valence-corrected chi connectivity index (χ0v) is 14.5. The molecule has 1 aliphatic heterocycles. The van der Waals surface area contributed by atoms with Gasteiger partial charge in [0, 0.05) is 25.7 Å². The van der Waals surface area contributed by atoms with Crippen molar-refractivity contribution < 1.29 is 0 Å². The summed E-state index contributed by atoms with van der Waals surface area (Å²) in [6.45, 7) is 10.7. The quantitative estimate of drug-likeness (QED) is 0.499. The molecule has 5 nitrogen and oxygen atoms in total. The van der Waals surface area contributed by atoms with E-state index in [1.807, 2.05) is 0 Å². The highest BCUT2D eigenvalue weighted by Gasteiger charge is 2.23. The molecule has 0 aromatic carbocycles. The van der Waals surface area contributed by atoms with Gasteiger partial charge < -0.3 is 15.5 Å². The van der Waals surface area contributed by atoms with Gasteiger partial charge in [-0.3, -0.25) is 0 Å². The lowest BCUT2D eigenvalue weighted by molar-refractivity contribution is 0.355. The Morgan fingerprint density at radius 2 is 2.14 bits per heavy atom. The molecule has 1 aliphatic rings. The molecule has 2 atom stereocenters. The summed E-state index contributed by atoms with van der Waals surface area (Å²) < 4.78 is 0. The Morgan fingerprint density at radius 3 is 2.77 bits per heavy atom. The molecule has 0 amide bonds. The van der Waals surface area contributed by atoms with E-state index in [1.165, 1.54) is 6.42 Å². The van der Waals surface area contributed by atoms with E-state index in [4.69, 9.17) is 23.8 Å². The minimum atomic E-state index is 0.407. The second kappa shape index (κ2) is 7.74. The average Bonchev–Trinajstić information content (AvgIpc) is 2.43. The summed E-state index contributed by atoms with van der Waals surface area (Å²) in [6, 6.07) is 1.80. The Morgan fingerprint density at radius 1 is 1.45 bits per heavy atom. The fourth-order valence-electron chi connectivity index (χ4n) is 2.78. The van der Waals surface area contributed by atoms with Gasteiger partial charge >= 0.3 is 0 Å². The van der Waals surface area contributed by atoms with Crippen LogP contribution in [-0.2, 0) is 0 Å². The minimum Gasteiger partial charge on any atom is -0.359 e. The van der Waals surface area contributed by atoms with Crippen LogP contribution in [0.25, 0.3) is 0 Å². The summed E-state index contributed by atoms with van der Waals surface area (Å²) in [5, 5.41) is 6.80. The molecule has 1 saturated heterocycles. The molecule has 0 spiro atoms. The molecule has 2 heterocycles. The molecule has 2 rings (SSSR count). The maximum absolute atomic E-state index is 6.13. The van der Waals surface area contributed by atoms with Gasteiger partial charge in [0.05, 0.1) is 0 Å². The van der Waals surface area contributed by atoms with Crippen molar-refractivity contribution in [2.45, 2.75) is 20.3 Å². The number of halogens is 1. The first kappa shape index (κ1) is 17.0. The normalized spacial score (nSPS) is 21.3.